The van der Waals surface area contributed by atoms with Crippen LogP contribution in [0.1, 0.15) is 110 Å². The summed E-state index contributed by atoms with van der Waals surface area (Å²) in [4.78, 5) is 53.6. The lowest BCUT2D eigenvalue weighted by atomic mass is 9.99. The van der Waals surface area contributed by atoms with Crippen LogP contribution in [0.2, 0.25) is 0 Å². The van der Waals surface area contributed by atoms with Gasteiger partial charge in [-0.3, -0.25) is 14.4 Å². The highest BCUT2D eigenvalue weighted by atomic mass is 16.6. The van der Waals surface area contributed by atoms with Crippen molar-refractivity contribution < 1.29 is 23.9 Å². The molecule has 0 radical (unpaired) electrons. The Morgan fingerprint density at radius 1 is 1.00 bits per heavy atom. The summed E-state index contributed by atoms with van der Waals surface area (Å²) < 4.78 is 5.38. The Bertz CT molecular complexity index is 994. The third-order valence-electron chi connectivity index (χ3n) is 6.24. The van der Waals surface area contributed by atoms with Crippen LogP contribution in [-0.4, -0.2) is 53.4 Å². The summed E-state index contributed by atoms with van der Waals surface area (Å²) >= 11 is 0. The van der Waals surface area contributed by atoms with Crippen molar-refractivity contribution in [1.29, 1.82) is 0 Å². The monoisotopic (exact) mass is 556 g/mol. The maximum Gasteiger partial charge on any atom is 0.408 e. The van der Waals surface area contributed by atoms with Crippen LogP contribution in [0, 0.1) is 12.3 Å². The second-order valence-electron chi connectivity index (χ2n) is 11.0. The molecule has 0 spiro atoms. The van der Waals surface area contributed by atoms with Crippen molar-refractivity contribution in [3.8, 4) is 12.3 Å². The van der Waals surface area contributed by atoms with Crippen molar-refractivity contribution in [2.45, 2.75) is 110 Å². The highest BCUT2D eigenvalue weighted by Crippen LogP contribution is 2.25. The molecule has 0 saturated heterocycles. The number of ether oxygens (including phenoxy) is 1. The van der Waals surface area contributed by atoms with E-state index in [9.17, 15) is 19.2 Å². The fourth-order valence-corrected chi connectivity index (χ4v) is 4.17. The van der Waals surface area contributed by atoms with E-state index in [2.05, 4.69) is 23.5 Å². The van der Waals surface area contributed by atoms with E-state index in [1.54, 1.807) is 45.0 Å². The molecule has 0 aromatic heterocycles. The summed E-state index contributed by atoms with van der Waals surface area (Å²) in [7, 11) is 0. The number of terminal acetylenes is 1. The van der Waals surface area contributed by atoms with Crippen molar-refractivity contribution in [2.24, 2.45) is 5.73 Å². The molecule has 222 valence electrons. The summed E-state index contributed by atoms with van der Waals surface area (Å²) in [6.07, 6.45) is 11.0. The normalized spacial score (nSPS) is 12.5. The molecule has 4 amide bonds. The van der Waals surface area contributed by atoms with Crippen LogP contribution in [0.15, 0.2) is 24.3 Å². The molecule has 2 atom stereocenters. The number of hydrogen-bond acceptors (Lipinski definition) is 5. The van der Waals surface area contributed by atoms with Crippen molar-refractivity contribution in [1.82, 2.24) is 15.5 Å². The van der Waals surface area contributed by atoms with Crippen LogP contribution < -0.4 is 16.4 Å². The first-order chi connectivity index (χ1) is 18.9. The molecule has 0 saturated carbocycles. The highest BCUT2D eigenvalue weighted by molar-refractivity contribution is 5.92. The molecule has 1 aromatic rings. The van der Waals surface area contributed by atoms with E-state index in [-0.39, 0.29) is 25.3 Å². The molecule has 0 aliphatic carbocycles. The van der Waals surface area contributed by atoms with Gasteiger partial charge in [0, 0.05) is 25.1 Å². The zero-order valence-corrected chi connectivity index (χ0v) is 24.9. The van der Waals surface area contributed by atoms with E-state index in [0.717, 1.165) is 38.5 Å². The van der Waals surface area contributed by atoms with Gasteiger partial charge in [-0.15, -0.1) is 6.42 Å². The number of nitrogens with one attached hydrogen (secondary N) is 2. The molecule has 0 fully saturated rings. The van der Waals surface area contributed by atoms with Gasteiger partial charge < -0.3 is 26.0 Å². The van der Waals surface area contributed by atoms with Crippen LogP contribution in [0.25, 0.3) is 0 Å². The SMILES string of the molecule is C#Cc1ccc(C(C(=O)NCCCC)N(CCCCCCC)C(=O)C(CCC(N)=O)NC(=O)OC(C)(C)C)cc1. The van der Waals surface area contributed by atoms with Gasteiger partial charge in [-0.2, -0.15) is 0 Å². The maximum absolute atomic E-state index is 14.1. The lowest BCUT2D eigenvalue weighted by molar-refractivity contribution is -0.142. The van der Waals surface area contributed by atoms with Gasteiger partial charge in [0.2, 0.25) is 17.7 Å². The van der Waals surface area contributed by atoms with Crippen molar-refractivity contribution in [2.75, 3.05) is 13.1 Å². The average molecular weight is 557 g/mol. The number of nitrogens with zero attached hydrogens (tertiary/aromatic N) is 1. The third kappa shape index (κ3) is 13.0. The molecule has 0 bridgehead atoms. The second kappa shape index (κ2) is 17.9. The van der Waals surface area contributed by atoms with Gasteiger partial charge >= 0.3 is 6.09 Å². The zero-order valence-electron chi connectivity index (χ0n) is 24.9. The molecule has 1 rings (SSSR count). The topological polar surface area (TPSA) is 131 Å². The van der Waals surface area contributed by atoms with Gasteiger partial charge in [-0.25, -0.2) is 4.79 Å². The first-order valence-electron chi connectivity index (χ1n) is 14.4. The summed E-state index contributed by atoms with van der Waals surface area (Å²) in [6, 6.07) is 4.88. The Morgan fingerprint density at radius 2 is 1.62 bits per heavy atom. The third-order valence-corrected chi connectivity index (χ3v) is 6.24. The first kappa shape index (κ1) is 34.5. The van der Waals surface area contributed by atoms with Gasteiger partial charge in [-0.05, 0) is 57.7 Å². The quantitative estimate of drug-likeness (QED) is 0.191. The minimum Gasteiger partial charge on any atom is -0.444 e. The Kier molecular flexibility index (Phi) is 15.5. The lowest BCUT2D eigenvalue weighted by Crippen LogP contribution is -2.53. The van der Waals surface area contributed by atoms with Gasteiger partial charge in [0.15, 0.2) is 0 Å². The van der Waals surface area contributed by atoms with Crippen LogP contribution in [0.4, 0.5) is 4.79 Å². The molecular formula is C31H48N4O5. The average Bonchev–Trinajstić information content (AvgIpc) is 2.89. The predicted molar refractivity (Wildman–Crippen MR) is 157 cm³/mol. The molecular weight excluding hydrogens is 508 g/mol. The minimum atomic E-state index is -1.12. The van der Waals surface area contributed by atoms with E-state index < -0.39 is 35.6 Å². The number of carbonyl (C=O) groups is 4. The van der Waals surface area contributed by atoms with Crippen LogP contribution in [0.3, 0.4) is 0 Å². The first-order valence-corrected chi connectivity index (χ1v) is 14.4. The van der Waals surface area contributed by atoms with E-state index in [0.29, 0.717) is 24.1 Å². The van der Waals surface area contributed by atoms with E-state index in [4.69, 9.17) is 16.9 Å². The second-order valence-corrected chi connectivity index (χ2v) is 11.0. The van der Waals surface area contributed by atoms with Crippen molar-refractivity contribution in [3.05, 3.63) is 35.4 Å². The Balaban J connectivity index is 3.48. The zero-order chi connectivity index (χ0) is 30.1. The standard InChI is InChI=1S/C31H48N4O5/c1-7-10-12-13-14-22-35(29(38)25(19-20-26(32)36)34-30(39)40-31(4,5)6)27(28(37)33-21-11-8-2)24-17-15-23(9-3)16-18-24/h3,15-18,25,27H,7-8,10-14,19-22H2,1-2,4-6H3,(H2,32,36)(H,33,37)(H,34,39). The molecule has 40 heavy (non-hydrogen) atoms. The van der Waals surface area contributed by atoms with Gasteiger partial charge in [-0.1, -0.05) is 64.0 Å². The number of rotatable bonds is 17. The summed E-state index contributed by atoms with van der Waals surface area (Å²) in [5.74, 6) is 1.16. The van der Waals surface area contributed by atoms with E-state index >= 15 is 0 Å². The number of nitrogens with two attached hydrogens (primary N) is 1. The number of benzene rings is 1. The largest absolute Gasteiger partial charge is 0.444 e. The van der Waals surface area contributed by atoms with E-state index in [1.807, 2.05) is 6.92 Å². The summed E-state index contributed by atoms with van der Waals surface area (Å²) in [5, 5.41) is 5.58. The van der Waals surface area contributed by atoms with Crippen molar-refractivity contribution in [3.63, 3.8) is 0 Å². The molecule has 1 aromatic carbocycles. The highest BCUT2D eigenvalue weighted by Gasteiger charge is 2.36. The number of alkyl carbamates (subject to hydrolysis) is 1. The lowest BCUT2D eigenvalue weighted by Gasteiger charge is -2.34. The molecule has 2 unspecified atom stereocenters. The number of hydrogen-bond donors (Lipinski definition) is 3. The van der Waals surface area contributed by atoms with Gasteiger partial charge in [0.1, 0.15) is 17.7 Å². The molecule has 0 aliphatic rings. The molecule has 0 aliphatic heterocycles. The summed E-state index contributed by atoms with van der Waals surface area (Å²) in [5.41, 5.74) is 5.84. The molecule has 4 N–H and O–H groups in total. The maximum atomic E-state index is 14.1. The Morgan fingerprint density at radius 3 is 2.17 bits per heavy atom. The fraction of sp³-hybridized carbons (Fsp3) is 0.613. The smallest absolute Gasteiger partial charge is 0.408 e. The summed E-state index contributed by atoms with van der Waals surface area (Å²) in [6.45, 7) is 10.0. The van der Waals surface area contributed by atoms with Gasteiger partial charge in [0.05, 0.1) is 0 Å². The number of unbranched alkanes of at least 4 members (excludes halogenated alkanes) is 5. The Hall–Kier alpha value is -3.54. The number of carbonyl (C=O) groups excluding carboxylic acids is 4. The number of amides is 4. The van der Waals surface area contributed by atoms with E-state index in [1.165, 1.54) is 4.90 Å². The van der Waals surface area contributed by atoms with Gasteiger partial charge in [0.25, 0.3) is 0 Å². The minimum absolute atomic E-state index is 0.0278. The van der Waals surface area contributed by atoms with Crippen LogP contribution in [-0.2, 0) is 19.1 Å². The Labute approximate surface area is 240 Å². The molecule has 9 heteroatoms. The van der Waals surface area contributed by atoms with Crippen molar-refractivity contribution >= 4 is 23.8 Å². The molecule has 9 nitrogen and oxygen atoms in total. The predicted octanol–water partition coefficient (Wildman–Crippen LogP) is 4.58. The number of primary amides is 1. The fourth-order valence-electron chi connectivity index (χ4n) is 4.17. The van der Waals surface area contributed by atoms with Crippen LogP contribution >= 0.6 is 0 Å². The van der Waals surface area contributed by atoms with Crippen LogP contribution in [0.5, 0.6) is 0 Å². The molecule has 0 heterocycles.